The molecule has 1 N–H and O–H groups in total. The van der Waals surface area contributed by atoms with Crippen LogP contribution >= 0.6 is 0 Å². The number of rotatable bonds is 5. The van der Waals surface area contributed by atoms with Crippen LogP contribution in [0.3, 0.4) is 0 Å². The van der Waals surface area contributed by atoms with Crippen LogP contribution in [0.5, 0.6) is 0 Å². The minimum absolute atomic E-state index is 0.163. The molecule has 3 aromatic rings. The van der Waals surface area contributed by atoms with Crippen LogP contribution in [-0.2, 0) is 0 Å². The number of amides is 1. The Hall–Kier alpha value is -3.09. The fraction of sp³-hybridized carbons (Fsp3) is 0.278. The van der Waals surface area contributed by atoms with Crippen LogP contribution in [0.1, 0.15) is 53.7 Å². The Bertz CT molecular complexity index is 872. The third-order valence-corrected chi connectivity index (χ3v) is 4.17. The van der Waals surface area contributed by atoms with E-state index in [2.05, 4.69) is 25.4 Å². The summed E-state index contributed by atoms with van der Waals surface area (Å²) in [5.74, 6) is 1.53. The fourth-order valence-electron chi connectivity index (χ4n) is 2.53. The van der Waals surface area contributed by atoms with Gasteiger partial charge >= 0.3 is 0 Å². The zero-order valence-electron chi connectivity index (χ0n) is 13.7. The summed E-state index contributed by atoms with van der Waals surface area (Å²) >= 11 is 0. The lowest BCUT2D eigenvalue weighted by Gasteiger charge is -2.13. The third kappa shape index (κ3) is 3.40. The van der Waals surface area contributed by atoms with Gasteiger partial charge in [-0.05, 0) is 38.0 Å². The van der Waals surface area contributed by atoms with E-state index in [1.54, 1.807) is 24.4 Å². The first-order valence-corrected chi connectivity index (χ1v) is 8.21. The molecule has 0 radical (unpaired) electrons. The number of hydrogen-bond acceptors (Lipinski definition) is 6. The molecule has 2 heterocycles. The maximum Gasteiger partial charge on any atom is 0.251 e. The highest BCUT2D eigenvalue weighted by Gasteiger charge is 2.29. The molecular formula is C18H17N5O2. The first kappa shape index (κ1) is 15.4. The molecule has 1 fully saturated rings. The van der Waals surface area contributed by atoms with Gasteiger partial charge in [-0.1, -0.05) is 17.3 Å². The van der Waals surface area contributed by atoms with Gasteiger partial charge in [0.1, 0.15) is 6.33 Å². The first-order chi connectivity index (χ1) is 12.2. The lowest BCUT2D eigenvalue weighted by molar-refractivity contribution is 0.0939. The molecule has 25 heavy (non-hydrogen) atoms. The Morgan fingerprint density at radius 1 is 1.24 bits per heavy atom. The van der Waals surface area contributed by atoms with Crippen LogP contribution in [-0.4, -0.2) is 26.0 Å². The number of benzene rings is 1. The van der Waals surface area contributed by atoms with E-state index in [0.717, 1.165) is 24.1 Å². The van der Waals surface area contributed by atoms with Crippen LogP contribution in [0, 0.1) is 0 Å². The largest absolute Gasteiger partial charge is 0.344 e. The molecule has 0 aliphatic heterocycles. The SMILES string of the molecule is CC(NC(=O)c1ccc(-c2noc(C3CC3)n2)cc1)c1ccncn1. The molecule has 2 aromatic heterocycles. The molecule has 1 unspecified atom stereocenters. The van der Waals surface area contributed by atoms with Crippen LogP contribution in [0.2, 0.25) is 0 Å². The van der Waals surface area contributed by atoms with E-state index in [1.807, 2.05) is 19.1 Å². The summed E-state index contributed by atoms with van der Waals surface area (Å²) in [5.41, 5.74) is 2.16. The highest BCUT2D eigenvalue weighted by Crippen LogP contribution is 2.39. The zero-order valence-corrected chi connectivity index (χ0v) is 13.7. The van der Waals surface area contributed by atoms with Crippen molar-refractivity contribution in [3.05, 3.63) is 60.0 Å². The van der Waals surface area contributed by atoms with E-state index in [1.165, 1.54) is 6.33 Å². The zero-order chi connectivity index (χ0) is 17.2. The van der Waals surface area contributed by atoms with E-state index in [9.17, 15) is 4.79 Å². The van der Waals surface area contributed by atoms with Gasteiger partial charge < -0.3 is 9.84 Å². The molecule has 0 saturated heterocycles. The molecule has 1 saturated carbocycles. The van der Waals surface area contributed by atoms with Gasteiger partial charge in [0.05, 0.1) is 11.7 Å². The van der Waals surface area contributed by atoms with Gasteiger partial charge in [-0.2, -0.15) is 4.98 Å². The van der Waals surface area contributed by atoms with Crippen molar-refractivity contribution in [2.24, 2.45) is 0 Å². The highest BCUT2D eigenvalue weighted by molar-refractivity contribution is 5.94. The molecular weight excluding hydrogens is 318 g/mol. The van der Waals surface area contributed by atoms with Gasteiger partial charge in [0, 0.05) is 23.2 Å². The van der Waals surface area contributed by atoms with Crippen molar-refractivity contribution in [1.82, 2.24) is 25.4 Å². The molecule has 7 nitrogen and oxygen atoms in total. The van der Waals surface area contributed by atoms with E-state index < -0.39 is 0 Å². The summed E-state index contributed by atoms with van der Waals surface area (Å²) < 4.78 is 5.27. The topological polar surface area (TPSA) is 93.8 Å². The quantitative estimate of drug-likeness (QED) is 0.770. The Kier molecular flexibility index (Phi) is 3.97. The summed E-state index contributed by atoms with van der Waals surface area (Å²) in [4.78, 5) is 24.8. The second kappa shape index (κ2) is 6.43. The molecule has 7 heteroatoms. The lowest BCUT2D eigenvalue weighted by atomic mass is 10.1. The van der Waals surface area contributed by atoms with Gasteiger partial charge in [-0.25, -0.2) is 9.97 Å². The summed E-state index contributed by atoms with van der Waals surface area (Å²) in [7, 11) is 0. The monoisotopic (exact) mass is 335 g/mol. The van der Waals surface area contributed by atoms with E-state index in [-0.39, 0.29) is 11.9 Å². The van der Waals surface area contributed by atoms with Crippen molar-refractivity contribution in [3.63, 3.8) is 0 Å². The van der Waals surface area contributed by atoms with Crippen molar-refractivity contribution < 1.29 is 9.32 Å². The van der Waals surface area contributed by atoms with Crippen LogP contribution in [0.25, 0.3) is 11.4 Å². The normalized spacial score (nSPS) is 14.9. The second-order valence-electron chi connectivity index (χ2n) is 6.14. The van der Waals surface area contributed by atoms with Crippen LogP contribution in [0.15, 0.2) is 47.4 Å². The maximum atomic E-state index is 12.4. The fourth-order valence-corrected chi connectivity index (χ4v) is 2.53. The average molecular weight is 335 g/mol. The second-order valence-corrected chi connectivity index (χ2v) is 6.14. The van der Waals surface area contributed by atoms with Crippen molar-refractivity contribution in [3.8, 4) is 11.4 Å². The molecule has 0 spiro atoms. The highest BCUT2D eigenvalue weighted by atomic mass is 16.5. The number of hydrogen-bond donors (Lipinski definition) is 1. The number of carbonyl (C=O) groups excluding carboxylic acids is 1. The standard InChI is InChI=1S/C18H17N5O2/c1-11(15-8-9-19-10-20-15)21-17(24)13-4-2-12(3-5-13)16-22-18(25-23-16)14-6-7-14/h2-5,8-11,14H,6-7H2,1H3,(H,21,24). The van der Waals surface area contributed by atoms with Crippen LogP contribution in [0.4, 0.5) is 0 Å². The molecule has 126 valence electrons. The molecule has 1 amide bonds. The van der Waals surface area contributed by atoms with Gasteiger partial charge in [0.2, 0.25) is 11.7 Å². The Morgan fingerprint density at radius 2 is 2.04 bits per heavy atom. The predicted molar refractivity (Wildman–Crippen MR) is 89.6 cm³/mol. The van der Waals surface area contributed by atoms with Gasteiger partial charge in [-0.3, -0.25) is 4.79 Å². The Labute approximate surface area is 144 Å². The Morgan fingerprint density at radius 3 is 2.72 bits per heavy atom. The third-order valence-electron chi connectivity index (χ3n) is 4.17. The number of nitrogens with zero attached hydrogens (tertiary/aromatic N) is 4. The minimum atomic E-state index is -0.200. The molecule has 1 aliphatic carbocycles. The lowest BCUT2D eigenvalue weighted by Crippen LogP contribution is -2.27. The summed E-state index contributed by atoms with van der Waals surface area (Å²) in [6.07, 6.45) is 5.35. The van der Waals surface area contributed by atoms with E-state index >= 15 is 0 Å². The van der Waals surface area contributed by atoms with Crippen LogP contribution < -0.4 is 5.32 Å². The van der Waals surface area contributed by atoms with Crippen molar-refractivity contribution in [2.45, 2.75) is 31.7 Å². The molecule has 1 aliphatic rings. The smallest absolute Gasteiger partial charge is 0.251 e. The first-order valence-electron chi connectivity index (χ1n) is 8.21. The molecule has 4 rings (SSSR count). The predicted octanol–water partition coefficient (Wildman–Crippen LogP) is 2.90. The van der Waals surface area contributed by atoms with Gasteiger partial charge in [-0.15, -0.1) is 0 Å². The summed E-state index contributed by atoms with van der Waals surface area (Å²) in [6.45, 7) is 1.88. The number of nitrogens with one attached hydrogen (secondary N) is 1. The summed E-state index contributed by atoms with van der Waals surface area (Å²) in [5, 5.41) is 6.93. The minimum Gasteiger partial charge on any atom is -0.344 e. The summed E-state index contributed by atoms with van der Waals surface area (Å²) in [6, 6.07) is 8.74. The Balaban J connectivity index is 1.44. The van der Waals surface area contributed by atoms with E-state index in [4.69, 9.17) is 4.52 Å². The van der Waals surface area contributed by atoms with Crippen molar-refractivity contribution >= 4 is 5.91 Å². The van der Waals surface area contributed by atoms with Gasteiger partial charge in [0.25, 0.3) is 5.91 Å². The van der Waals surface area contributed by atoms with Gasteiger partial charge in [0.15, 0.2) is 0 Å². The maximum absolute atomic E-state index is 12.4. The van der Waals surface area contributed by atoms with Crippen molar-refractivity contribution in [1.29, 1.82) is 0 Å². The molecule has 1 atom stereocenters. The molecule has 0 bridgehead atoms. The number of carbonyl (C=O) groups is 1. The number of aromatic nitrogens is 4. The molecule has 1 aromatic carbocycles. The van der Waals surface area contributed by atoms with Crippen molar-refractivity contribution in [2.75, 3.05) is 0 Å². The average Bonchev–Trinajstić information content (AvgIpc) is 3.39. The van der Waals surface area contributed by atoms with E-state index in [0.29, 0.717) is 23.2 Å².